The Morgan fingerprint density at radius 2 is 2.29 bits per heavy atom. The Labute approximate surface area is 125 Å². The minimum atomic E-state index is -0.206. The number of rotatable bonds is 8. The molecule has 0 aliphatic heterocycles. The maximum atomic E-state index is 12.1. The number of carbonyl (C=O) groups excluding carboxylic acids is 1. The third kappa shape index (κ3) is 4.35. The Morgan fingerprint density at radius 1 is 1.43 bits per heavy atom. The van der Waals surface area contributed by atoms with Crippen LogP contribution in [0.25, 0.3) is 10.2 Å². The smallest absolute Gasteiger partial charge is 0.262 e. The summed E-state index contributed by atoms with van der Waals surface area (Å²) in [5.74, 6) is -0.206. The van der Waals surface area contributed by atoms with Gasteiger partial charge in [-0.2, -0.15) is 0 Å². The van der Waals surface area contributed by atoms with E-state index in [1.54, 1.807) is 13.2 Å². The number of nitrogens with zero attached hydrogens (tertiary/aromatic N) is 2. The van der Waals surface area contributed by atoms with Crippen LogP contribution in [0.4, 0.5) is 0 Å². The maximum Gasteiger partial charge on any atom is 0.262 e. The van der Waals surface area contributed by atoms with Crippen LogP contribution in [0.3, 0.4) is 0 Å². The molecule has 2 heterocycles. The molecule has 0 spiro atoms. The number of methoxy groups -OCH3 is 1. The van der Waals surface area contributed by atoms with Gasteiger partial charge in [0.05, 0.1) is 18.3 Å². The van der Waals surface area contributed by atoms with Crippen LogP contribution in [-0.2, 0) is 16.1 Å². The van der Waals surface area contributed by atoms with Crippen molar-refractivity contribution < 1.29 is 9.53 Å². The van der Waals surface area contributed by atoms with E-state index in [9.17, 15) is 9.59 Å². The van der Waals surface area contributed by atoms with Crippen LogP contribution in [0.2, 0.25) is 0 Å². The van der Waals surface area contributed by atoms with Crippen molar-refractivity contribution in [2.45, 2.75) is 6.54 Å². The lowest BCUT2D eigenvalue weighted by Crippen LogP contribution is -2.36. The van der Waals surface area contributed by atoms with Gasteiger partial charge in [0, 0.05) is 26.7 Å². The van der Waals surface area contributed by atoms with Gasteiger partial charge in [0.2, 0.25) is 5.91 Å². The van der Waals surface area contributed by atoms with Crippen LogP contribution in [-0.4, -0.2) is 48.8 Å². The van der Waals surface area contributed by atoms with Crippen LogP contribution < -0.4 is 16.2 Å². The van der Waals surface area contributed by atoms with Crippen molar-refractivity contribution in [2.24, 2.45) is 0 Å². The molecule has 0 radical (unpaired) electrons. The van der Waals surface area contributed by atoms with E-state index < -0.39 is 0 Å². The highest BCUT2D eigenvalue weighted by Crippen LogP contribution is 2.12. The predicted octanol–water partition coefficient (Wildman–Crippen LogP) is -0.190. The van der Waals surface area contributed by atoms with E-state index in [2.05, 4.69) is 15.6 Å². The topological polar surface area (TPSA) is 85.2 Å². The van der Waals surface area contributed by atoms with E-state index in [0.29, 0.717) is 29.9 Å². The van der Waals surface area contributed by atoms with Gasteiger partial charge in [0.15, 0.2) is 0 Å². The molecule has 2 rings (SSSR count). The zero-order valence-electron chi connectivity index (χ0n) is 11.8. The van der Waals surface area contributed by atoms with Crippen molar-refractivity contribution in [3.63, 3.8) is 0 Å². The Balaban J connectivity index is 1.81. The standard InChI is InChI=1S/C13H18N4O3S/c1-20-6-5-14-3-4-15-11(18)8-17-9-16-12-10(13(17)19)2-7-21-12/h2,7,9,14H,3-6,8H2,1H3,(H,15,18). The second-order valence-electron chi connectivity index (χ2n) is 4.41. The van der Waals surface area contributed by atoms with Crippen molar-refractivity contribution >= 4 is 27.5 Å². The summed E-state index contributed by atoms with van der Waals surface area (Å²) in [6, 6.07) is 1.73. The van der Waals surface area contributed by atoms with Gasteiger partial charge in [0.1, 0.15) is 11.4 Å². The van der Waals surface area contributed by atoms with Crippen molar-refractivity contribution in [3.8, 4) is 0 Å². The summed E-state index contributed by atoms with van der Waals surface area (Å²) >= 11 is 1.41. The van der Waals surface area contributed by atoms with E-state index in [4.69, 9.17) is 4.74 Å². The Kier molecular flexibility index (Phi) is 5.85. The van der Waals surface area contributed by atoms with E-state index in [1.165, 1.54) is 22.2 Å². The molecule has 2 N–H and O–H groups in total. The average molecular weight is 310 g/mol. The summed E-state index contributed by atoms with van der Waals surface area (Å²) in [5.41, 5.74) is -0.186. The van der Waals surface area contributed by atoms with Crippen LogP contribution >= 0.6 is 11.3 Å². The summed E-state index contributed by atoms with van der Waals surface area (Å²) in [6.07, 6.45) is 1.41. The van der Waals surface area contributed by atoms with Crippen molar-refractivity contribution in [1.82, 2.24) is 20.2 Å². The zero-order chi connectivity index (χ0) is 15.1. The van der Waals surface area contributed by atoms with E-state index in [-0.39, 0.29) is 18.0 Å². The lowest BCUT2D eigenvalue weighted by atomic mass is 10.4. The first-order valence-corrected chi connectivity index (χ1v) is 7.49. The average Bonchev–Trinajstić information content (AvgIpc) is 2.95. The Bertz CT molecular complexity index is 652. The number of amides is 1. The minimum Gasteiger partial charge on any atom is -0.383 e. The van der Waals surface area contributed by atoms with Gasteiger partial charge in [0.25, 0.3) is 5.56 Å². The molecule has 0 saturated heterocycles. The summed E-state index contributed by atoms with van der Waals surface area (Å²) in [7, 11) is 1.64. The SMILES string of the molecule is COCCNCCNC(=O)Cn1cnc2sccc2c1=O. The first kappa shape index (κ1) is 15.6. The van der Waals surface area contributed by atoms with E-state index >= 15 is 0 Å². The summed E-state index contributed by atoms with van der Waals surface area (Å²) < 4.78 is 6.22. The molecular formula is C13H18N4O3S. The fourth-order valence-corrected chi connectivity index (χ4v) is 2.53. The van der Waals surface area contributed by atoms with Gasteiger partial charge in [-0.1, -0.05) is 0 Å². The second-order valence-corrected chi connectivity index (χ2v) is 5.30. The number of nitrogens with one attached hydrogen (secondary N) is 2. The Hall–Kier alpha value is -1.77. The molecule has 0 atom stereocenters. The molecule has 2 aromatic heterocycles. The number of aromatic nitrogens is 2. The molecule has 0 saturated carbocycles. The predicted molar refractivity (Wildman–Crippen MR) is 81.6 cm³/mol. The number of ether oxygens (including phenoxy) is 1. The minimum absolute atomic E-state index is 0.0182. The lowest BCUT2D eigenvalue weighted by molar-refractivity contribution is -0.121. The second kappa shape index (κ2) is 7.87. The monoisotopic (exact) mass is 310 g/mol. The molecule has 114 valence electrons. The molecule has 0 aromatic carbocycles. The van der Waals surface area contributed by atoms with Gasteiger partial charge >= 0.3 is 0 Å². The van der Waals surface area contributed by atoms with Gasteiger partial charge in [-0.15, -0.1) is 11.3 Å². The number of hydrogen-bond acceptors (Lipinski definition) is 6. The first-order valence-electron chi connectivity index (χ1n) is 6.61. The highest BCUT2D eigenvalue weighted by Gasteiger charge is 2.08. The van der Waals surface area contributed by atoms with Crippen molar-refractivity contribution in [3.05, 3.63) is 28.1 Å². The molecular weight excluding hydrogens is 292 g/mol. The van der Waals surface area contributed by atoms with E-state index in [1.807, 2.05) is 5.38 Å². The molecule has 0 aliphatic rings. The quantitative estimate of drug-likeness (QED) is 0.660. The maximum absolute atomic E-state index is 12.1. The molecule has 0 aliphatic carbocycles. The zero-order valence-corrected chi connectivity index (χ0v) is 12.6. The van der Waals surface area contributed by atoms with Crippen molar-refractivity contribution in [2.75, 3.05) is 33.4 Å². The first-order chi connectivity index (χ1) is 10.2. The number of fused-ring (bicyclic) bond motifs is 1. The van der Waals surface area contributed by atoms with Gasteiger partial charge in [-0.3, -0.25) is 14.2 Å². The fourth-order valence-electron chi connectivity index (χ4n) is 1.81. The van der Waals surface area contributed by atoms with Crippen LogP contribution in [0.5, 0.6) is 0 Å². The van der Waals surface area contributed by atoms with Crippen LogP contribution in [0.15, 0.2) is 22.6 Å². The number of thiophene rings is 1. The largest absolute Gasteiger partial charge is 0.383 e. The van der Waals surface area contributed by atoms with Crippen LogP contribution in [0.1, 0.15) is 0 Å². The van der Waals surface area contributed by atoms with E-state index in [0.717, 1.165) is 6.54 Å². The molecule has 0 fully saturated rings. The number of carbonyl (C=O) groups is 1. The molecule has 1 amide bonds. The van der Waals surface area contributed by atoms with Gasteiger partial charge in [-0.25, -0.2) is 4.98 Å². The normalized spacial score (nSPS) is 10.9. The summed E-state index contributed by atoms with van der Waals surface area (Å²) in [5, 5.41) is 8.24. The highest BCUT2D eigenvalue weighted by molar-refractivity contribution is 7.16. The summed E-state index contributed by atoms with van der Waals surface area (Å²) in [4.78, 5) is 28.7. The van der Waals surface area contributed by atoms with Gasteiger partial charge < -0.3 is 15.4 Å². The summed E-state index contributed by atoms with van der Waals surface area (Å²) in [6.45, 7) is 2.52. The highest BCUT2D eigenvalue weighted by atomic mass is 32.1. The molecule has 0 bridgehead atoms. The third-order valence-electron chi connectivity index (χ3n) is 2.87. The molecule has 21 heavy (non-hydrogen) atoms. The lowest BCUT2D eigenvalue weighted by Gasteiger charge is -2.08. The van der Waals surface area contributed by atoms with Crippen LogP contribution in [0, 0.1) is 0 Å². The molecule has 7 nitrogen and oxygen atoms in total. The molecule has 8 heteroatoms. The Morgan fingerprint density at radius 3 is 3.10 bits per heavy atom. The fraction of sp³-hybridized carbons (Fsp3) is 0.462. The van der Waals surface area contributed by atoms with Gasteiger partial charge in [-0.05, 0) is 11.4 Å². The molecule has 0 unspecified atom stereocenters. The molecule has 2 aromatic rings. The van der Waals surface area contributed by atoms with Crippen molar-refractivity contribution in [1.29, 1.82) is 0 Å². The third-order valence-corrected chi connectivity index (χ3v) is 3.69. The number of hydrogen-bond donors (Lipinski definition) is 2.